The van der Waals surface area contributed by atoms with Gasteiger partial charge >= 0.3 is 25.7 Å². The van der Waals surface area contributed by atoms with Crippen molar-refractivity contribution in [2.75, 3.05) is 26.4 Å². The summed E-state index contributed by atoms with van der Waals surface area (Å²) in [6, 6.07) is 0. The Bertz CT molecular complexity index is 2040. The topological polar surface area (TPSA) is 374 Å². The van der Waals surface area contributed by atoms with Crippen LogP contribution >= 0.6 is 7.82 Å². The molecule has 3 rings (SSSR count). The molecule has 18 unspecified atom stereocenters. The van der Waals surface area contributed by atoms with E-state index < -0.39 is 156 Å². The third-order valence-electron chi connectivity index (χ3n) is 18.5. The molecule has 0 aromatic carbocycles. The summed E-state index contributed by atoms with van der Waals surface area (Å²) in [4.78, 5) is 50.9. The molecule has 96 heavy (non-hydrogen) atoms. The summed E-state index contributed by atoms with van der Waals surface area (Å²) >= 11 is 0. The van der Waals surface area contributed by atoms with E-state index in [4.69, 9.17) is 42.2 Å². The molecule has 0 radical (unpaired) electrons. The molecule has 2 aliphatic heterocycles. The maximum Gasteiger partial charge on any atom is 0.472 e. The van der Waals surface area contributed by atoms with E-state index in [2.05, 4.69) is 32.9 Å². The first kappa shape index (κ1) is 87.9. The van der Waals surface area contributed by atoms with Crippen LogP contribution in [0.2, 0.25) is 0 Å². The van der Waals surface area contributed by atoms with Crippen molar-refractivity contribution in [3.8, 4) is 0 Å². The third kappa shape index (κ3) is 36.5. The molecule has 25 heteroatoms. The number of allylic oxidation sites excluding steroid dienone is 2. The molecule has 1 saturated carbocycles. The van der Waals surface area contributed by atoms with Gasteiger partial charge in [-0.15, -0.1) is 0 Å². The van der Waals surface area contributed by atoms with Crippen molar-refractivity contribution < 1.29 is 117 Å². The van der Waals surface area contributed by atoms with Crippen molar-refractivity contribution in [1.82, 2.24) is 0 Å². The zero-order valence-electron chi connectivity index (χ0n) is 58.7. The van der Waals surface area contributed by atoms with Gasteiger partial charge in [0.05, 0.1) is 13.2 Å². The van der Waals surface area contributed by atoms with Crippen LogP contribution in [0.1, 0.15) is 290 Å². The molecule has 0 bridgehead atoms. The number of hydrogen-bond acceptors (Lipinski definition) is 23. The highest BCUT2D eigenvalue weighted by Gasteiger charge is 2.58. The molecule has 2 heterocycles. The van der Waals surface area contributed by atoms with E-state index in [1.807, 2.05) is 0 Å². The van der Waals surface area contributed by atoms with E-state index in [1.54, 1.807) is 0 Å². The number of carbonyl (C=O) groups excluding carboxylic acids is 3. The Morgan fingerprint density at radius 2 is 0.729 bits per heavy atom. The Morgan fingerprint density at radius 1 is 0.396 bits per heavy atom. The molecule has 24 nitrogen and oxygen atoms in total. The van der Waals surface area contributed by atoms with E-state index in [0.29, 0.717) is 19.3 Å². The molecule has 0 spiro atoms. The van der Waals surface area contributed by atoms with Crippen LogP contribution in [0.5, 0.6) is 0 Å². The van der Waals surface area contributed by atoms with E-state index >= 15 is 0 Å². The highest BCUT2D eigenvalue weighted by atomic mass is 31.2. The molecule has 11 N–H and O–H groups in total. The summed E-state index contributed by atoms with van der Waals surface area (Å²) in [6.07, 6.45) is 11.4. The second-order valence-electron chi connectivity index (χ2n) is 27.0. The van der Waals surface area contributed by atoms with Gasteiger partial charge in [0, 0.05) is 19.3 Å². The lowest BCUT2D eigenvalue weighted by molar-refractivity contribution is -0.360. The van der Waals surface area contributed by atoms with Gasteiger partial charge in [-0.1, -0.05) is 238 Å². The van der Waals surface area contributed by atoms with Crippen molar-refractivity contribution in [3.05, 3.63) is 12.2 Å². The SMILES string of the molecule is CCCCCC/C=C\CCCCCCCCCC(=O)OCC1OC(OC2C(O)C(O)C(O)C(OC3OC(CO)C(O)C(O)C3O)C2OP(=O)(O)OCC(COC(=O)CCCCCCCCCCCCCCC)OC(=O)CCCCCCCCCCCCCCC)C(O)C(O)C1O. The van der Waals surface area contributed by atoms with Gasteiger partial charge in [0.15, 0.2) is 18.7 Å². The largest absolute Gasteiger partial charge is 0.472 e. The number of phosphoric ester groups is 1. The zero-order valence-corrected chi connectivity index (χ0v) is 59.6. The molecular weight excluding hydrogens is 1270 g/mol. The second-order valence-corrected chi connectivity index (χ2v) is 28.4. The van der Waals surface area contributed by atoms with Crippen LogP contribution < -0.4 is 0 Å². The average molecular weight is 1400 g/mol. The van der Waals surface area contributed by atoms with Crippen LogP contribution in [-0.4, -0.2) is 204 Å². The molecule has 564 valence electrons. The van der Waals surface area contributed by atoms with E-state index in [0.717, 1.165) is 109 Å². The van der Waals surface area contributed by atoms with Crippen LogP contribution in [-0.2, 0) is 61.2 Å². The number of aliphatic hydroxyl groups excluding tert-OH is 10. The summed E-state index contributed by atoms with van der Waals surface area (Å²) in [7, 11) is -5.69. The predicted molar refractivity (Wildman–Crippen MR) is 361 cm³/mol. The normalized spacial score (nSPS) is 28.0. The van der Waals surface area contributed by atoms with Crippen LogP contribution in [0.3, 0.4) is 0 Å². The fraction of sp³-hybridized carbons (Fsp3) is 0.930. The summed E-state index contributed by atoms with van der Waals surface area (Å²) in [5, 5.41) is 110. The molecular formula is C71H131O24P. The molecule has 2 saturated heterocycles. The minimum Gasteiger partial charge on any atom is -0.463 e. The van der Waals surface area contributed by atoms with Crippen molar-refractivity contribution in [2.45, 2.75) is 395 Å². The van der Waals surface area contributed by atoms with Gasteiger partial charge in [0.25, 0.3) is 0 Å². The molecule has 3 aliphatic rings. The quantitative estimate of drug-likeness (QED) is 0.00886. The number of hydrogen-bond donors (Lipinski definition) is 11. The minimum atomic E-state index is -5.69. The second kappa shape index (κ2) is 53.5. The van der Waals surface area contributed by atoms with E-state index in [-0.39, 0.29) is 19.3 Å². The zero-order chi connectivity index (χ0) is 70.4. The molecule has 18 atom stereocenters. The Hall–Kier alpha value is -2.30. The molecule has 1 aliphatic carbocycles. The Kier molecular flexibility index (Phi) is 49.0. The average Bonchev–Trinajstić information content (AvgIpc) is 1.08. The van der Waals surface area contributed by atoms with Crippen LogP contribution in [0, 0.1) is 0 Å². The third-order valence-corrected chi connectivity index (χ3v) is 19.5. The van der Waals surface area contributed by atoms with Crippen molar-refractivity contribution in [2.24, 2.45) is 0 Å². The summed E-state index contributed by atoms with van der Waals surface area (Å²) in [6.45, 7) is 3.43. The lowest BCUT2D eigenvalue weighted by atomic mass is 9.84. The van der Waals surface area contributed by atoms with Gasteiger partial charge in [-0.3, -0.25) is 23.4 Å². The maximum atomic E-state index is 14.3. The standard InChI is InChI=1S/C71H131O24P/c1-4-7-10-13-16-19-22-25-26-29-31-34-37-40-43-46-56(74)88-51-54-59(77)61(79)66(84)71(92-54)94-68-64(82)62(80)63(81)67(93-70-65(83)60(78)58(76)53(48-72)91-70)69(68)95-96(85,86)89-50-52(90-57(75)47-44-41-38-35-32-28-24-21-18-15-12-9-6-3)49-87-55(73)45-42-39-36-33-30-27-23-20-17-14-11-8-5-2/h19,22,52-54,58-72,76-84H,4-18,20-21,23-51H2,1-3H3,(H,85,86)/b22-19-. The first-order valence-corrected chi connectivity index (χ1v) is 39.0. The van der Waals surface area contributed by atoms with Gasteiger partial charge in [0.2, 0.25) is 0 Å². The molecule has 0 aromatic heterocycles. The van der Waals surface area contributed by atoms with Gasteiger partial charge in [-0.05, 0) is 44.9 Å². The monoisotopic (exact) mass is 1400 g/mol. The summed E-state index contributed by atoms with van der Waals surface area (Å²) in [5.74, 6) is -1.98. The lowest BCUT2D eigenvalue weighted by Crippen LogP contribution is -2.69. The lowest BCUT2D eigenvalue weighted by Gasteiger charge is -2.49. The number of unbranched alkanes of at least 4 members (excludes halogenated alkanes) is 35. The molecule has 0 amide bonds. The number of carbonyl (C=O) groups is 3. The van der Waals surface area contributed by atoms with E-state index in [1.165, 1.54) is 122 Å². The van der Waals surface area contributed by atoms with Crippen LogP contribution in [0.25, 0.3) is 0 Å². The van der Waals surface area contributed by atoms with Crippen LogP contribution in [0.15, 0.2) is 12.2 Å². The maximum absolute atomic E-state index is 14.3. The molecule has 3 fully saturated rings. The highest BCUT2D eigenvalue weighted by molar-refractivity contribution is 7.47. The van der Waals surface area contributed by atoms with Gasteiger partial charge in [-0.25, -0.2) is 4.57 Å². The van der Waals surface area contributed by atoms with Crippen LogP contribution in [0.4, 0.5) is 0 Å². The highest BCUT2D eigenvalue weighted by Crippen LogP contribution is 2.49. The van der Waals surface area contributed by atoms with Crippen molar-refractivity contribution in [1.29, 1.82) is 0 Å². The first-order chi connectivity index (χ1) is 46.3. The fourth-order valence-corrected chi connectivity index (χ4v) is 13.4. The summed E-state index contributed by atoms with van der Waals surface area (Å²) in [5.41, 5.74) is 0. The smallest absolute Gasteiger partial charge is 0.463 e. The van der Waals surface area contributed by atoms with Gasteiger partial charge < -0.3 is 89.1 Å². The minimum absolute atomic E-state index is 0.0248. The fourth-order valence-electron chi connectivity index (χ4n) is 12.4. The number of ether oxygens (including phenoxy) is 7. The predicted octanol–water partition coefficient (Wildman–Crippen LogP) is 9.96. The number of rotatable bonds is 58. The number of aliphatic hydroxyl groups is 10. The first-order valence-electron chi connectivity index (χ1n) is 37.5. The van der Waals surface area contributed by atoms with Crippen molar-refractivity contribution in [3.63, 3.8) is 0 Å². The summed E-state index contributed by atoms with van der Waals surface area (Å²) < 4.78 is 65.0. The van der Waals surface area contributed by atoms with Gasteiger partial charge in [0.1, 0.15) is 98.7 Å². The number of esters is 3. The van der Waals surface area contributed by atoms with Crippen molar-refractivity contribution >= 4 is 25.7 Å². The van der Waals surface area contributed by atoms with Gasteiger partial charge in [-0.2, -0.15) is 0 Å². The molecule has 0 aromatic rings. The Balaban J connectivity index is 1.73. The Morgan fingerprint density at radius 3 is 1.14 bits per heavy atom. The number of phosphoric acid groups is 1. The Labute approximate surface area is 573 Å². The van der Waals surface area contributed by atoms with E-state index in [9.17, 15) is 74.9 Å².